The van der Waals surface area contributed by atoms with Crippen molar-refractivity contribution in [3.8, 4) is 0 Å². The van der Waals surface area contributed by atoms with Gasteiger partial charge in [-0.15, -0.1) is 0 Å². The molecule has 0 aromatic rings. The van der Waals surface area contributed by atoms with Gasteiger partial charge in [0.2, 0.25) is 0 Å². The smallest absolute Gasteiger partial charge is 0.462 e. The van der Waals surface area contributed by atoms with Crippen LogP contribution >= 0.6 is 15.6 Å². The van der Waals surface area contributed by atoms with E-state index in [9.17, 15) is 43.2 Å². The molecular formula is C82H160O17P2. The number of esters is 4. The Labute approximate surface area is 619 Å². The van der Waals surface area contributed by atoms with Crippen molar-refractivity contribution < 1.29 is 80.2 Å². The van der Waals surface area contributed by atoms with Crippen LogP contribution in [-0.4, -0.2) is 96.7 Å². The molecule has 0 radical (unpaired) electrons. The highest BCUT2D eigenvalue weighted by Crippen LogP contribution is 2.45. The third-order valence-electron chi connectivity index (χ3n) is 19.9. The molecule has 17 nitrogen and oxygen atoms in total. The molecule has 7 atom stereocenters. The zero-order chi connectivity index (χ0) is 74.4. The van der Waals surface area contributed by atoms with Gasteiger partial charge in [0.1, 0.15) is 19.3 Å². The van der Waals surface area contributed by atoms with Gasteiger partial charge in [-0.1, -0.05) is 376 Å². The van der Waals surface area contributed by atoms with Crippen LogP contribution < -0.4 is 0 Å². The van der Waals surface area contributed by atoms with E-state index in [1.165, 1.54) is 231 Å². The SMILES string of the molecule is CCCCCCCCCCCCCCCCCCCCCCC(=O)O[C@H](COC(=O)CCCCCCCCCCCCCCCCCCC(C)C)COP(=O)(O)OC[C@@H](O)COP(=O)(O)OC[C@@H](COC(=O)CCCCCCCCC(C)CC)OC(=O)CCCCCCCCCCC(C)CC. The van der Waals surface area contributed by atoms with Crippen molar-refractivity contribution in [3.05, 3.63) is 0 Å². The standard InChI is InChI=1S/C82H160O17P2/c1-8-11-12-13-14-15-16-17-18-19-20-21-22-27-30-33-36-42-51-58-65-81(86)98-77(69-92-79(84)63-56-49-41-35-32-29-26-24-23-25-28-31-34-39-46-53-60-73(4)5)71-96-100(88,89)94-67-76(83)68-95-101(90,91)97-72-78(70-93-80(85)64-57-50-45-44-48-55-62-75(7)10-3)99-82(87)66-59-52-43-38-37-40-47-54-61-74(6)9-2/h73-78,83H,8-72H2,1-7H3,(H,88,89)(H,90,91)/t74?,75?,76-,77-,78-/m1/s1. The second-order valence-corrected chi connectivity index (χ2v) is 33.4. The summed E-state index contributed by atoms with van der Waals surface area (Å²) in [6.07, 6.45) is 61.2. The van der Waals surface area contributed by atoms with Gasteiger partial charge in [0, 0.05) is 25.7 Å². The maximum absolute atomic E-state index is 13.1. The van der Waals surface area contributed by atoms with E-state index in [0.29, 0.717) is 25.7 Å². The fourth-order valence-corrected chi connectivity index (χ4v) is 14.2. The van der Waals surface area contributed by atoms with Crippen molar-refractivity contribution in [1.29, 1.82) is 0 Å². The van der Waals surface area contributed by atoms with Crippen LogP contribution in [-0.2, 0) is 65.4 Å². The average Bonchev–Trinajstić information content (AvgIpc) is 0.944. The first-order chi connectivity index (χ1) is 48.8. The molecule has 0 aliphatic heterocycles. The molecule has 0 bridgehead atoms. The Morgan fingerprint density at radius 1 is 0.287 bits per heavy atom. The Balaban J connectivity index is 5.22. The van der Waals surface area contributed by atoms with E-state index >= 15 is 0 Å². The van der Waals surface area contributed by atoms with Crippen LogP contribution in [0.15, 0.2) is 0 Å². The third kappa shape index (κ3) is 73.4. The van der Waals surface area contributed by atoms with Crippen molar-refractivity contribution >= 4 is 39.5 Å². The Morgan fingerprint density at radius 2 is 0.505 bits per heavy atom. The molecule has 4 unspecified atom stereocenters. The zero-order valence-electron chi connectivity index (χ0n) is 66.4. The van der Waals surface area contributed by atoms with E-state index in [1.807, 2.05) is 0 Å². The van der Waals surface area contributed by atoms with E-state index in [2.05, 4.69) is 48.5 Å². The van der Waals surface area contributed by atoms with Crippen LogP contribution in [0.4, 0.5) is 0 Å². The number of phosphoric ester groups is 2. The summed E-state index contributed by atoms with van der Waals surface area (Å²) in [5.41, 5.74) is 0. The number of ether oxygens (including phenoxy) is 4. The molecular weight excluding hydrogens is 1320 g/mol. The predicted molar refractivity (Wildman–Crippen MR) is 414 cm³/mol. The molecule has 0 fully saturated rings. The molecule has 0 aliphatic rings. The van der Waals surface area contributed by atoms with Crippen molar-refractivity contribution in [2.75, 3.05) is 39.6 Å². The molecule has 0 saturated heterocycles. The van der Waals surface area contributed by atoms with E-state index in [-0.39, 0.29) is 25.7 Å². The van der Waals surface area contributed by atoms with Crippen molar-refractivity contribution in [1.82, 2.24) is 0 Å². The number of carbonyl (C=O) groups is 4. The van der Waals surface area contributed by atoms with Gasteiger partial charge in [0.15, 0.2) is 12.2 Å². The first-order valence-electron chi connectivity index (χ1n) is 42.4. The second kappa shape index (κ2) is 72.3. The molecule has 0 rings (SSSR count). The van der Waals surface area contributed by atoms with Crippen LogP contribution in [0.5, 0.6) is 0 Å². The Kier molecular flexibility index (Phi) is 70.9. The summed E-state index contributed by atoms with van der Waals surface area (Å²) in [4.78, 5) is 73.0. The Hall–Kier alpha value is -1.94. The highest BCUT2D eigenvalue weighted by molar-refractivity contribution is 7.47. The summed E-state index contributed by atoms with van der Waals surface area (Å²) in [5.74, 6) is 0.199. The van der Waals surface area contributed by atoms with Gasteiger partial charge >= 0.3 is 39.5 Å². The fourth-order valence-electron chi connectivity index (χ4n) is 12.6. The molecule has 3 N–H and O–H groups in total. The van der Waals surface area contributed by atoms with Gasteiger partial charge in [-0.05, 0) is 43.4 Å². The number of rotatable bonds is 80. The summed E-state index contributed by atoms with van der Waals surface area (Å²) in [5, 5.41) is 10.6. The maximum atomic E-state index is 13.1. The van der Waals surface area contributed by atoms with E-state index in [1.54, 1.807) is 0 Å². The molecule has 0 heterocycles. The number of carbonyl (C=O) groups excluding carboxylic acids is 4. The summed E-state index contributed by atoms with van der Waals surface area (Å²) >= 11 is 0. The molecule has 0 saturated carbocycles. The first-order valence-corrected chi connectivity index (χ1v) is 45.4. The Morgan fingerprint density at radius 3 is 0.752 bits per heavy atom. The lowest BCUT2D eigenvalue weighted by molar-refractivity contribution is -0.161. The van der Waals surface area contributed by atoms with Crippen molar-refractivity contribution in [2.24, 2.45) is 17.8 Å². The molecule has 0 aliphatic carbocycles. The molecule has 19 heteroatoms. The number of aliphatic hydroxyl groups excluding tert-OH is 1. The average molecular weight is 1480 g/mol. The predicted octanol–water partition coefficient (Wildman–Crippen LogP) is 24.5. The van der Waals surface area contributed by atoms with Gasteiger partial charge in [0.05, 0.1) is 26.4 Å². The lowest BCUT2D eigenvalue weighted by atomic mass is 9.99. The van der Waals surface area contributed by atoms with E-state index < -0.39 is 97.5 Å². The van der Waals surface area contributed by atoms with Gasteiger partial charge < -0.3 is 33.8 Å². The van der Waals surface area contributed by atoms with E-state index in [4.69, 9.17) is 37.0 Å². The minimum absolute atomic E-state index is 0.104. The highest BCUT2D eigenvalue weighted by Gasteiger charge is 2.30. The molecule has 0 amide bonds. The largest absolute Gasteiger partial charge is 0.472 e. The Bertz CT molecular complexity index is 1960. The number of unbranched alkanes of at least 4 members (excludes halogenated alkanes) is 46. The van der Waals surface area contributed by atoms with Crippen molar-refractivity contribution in [3.63, 3.8) is 0 Å². The highest BCUT2D eigenvalue weighted by atomic mass is 31.2. The molecule has 0 aromatic carbocycles. The number of aliphatic hydroxyl groups is 1. The van der Waals surface area contributed by atoms with Gasteiger partial charge in [0.25, 0.3) is 0 Å². The summed E-state index contributed by atoms with van der Waals surface area (Å²) in [7, 11) is -9.92. The first kappa shape index (κ1) is 99.1. The minimum Gasteiger partial charge on any atom is -0.462 e. The van der Waals surface area contributed by atoms with Crippen LogP contribution in [0, 0.1) is 17.8 Å². The number of hydrogen-bond donors (Lipinski definition) is 3. The molecule has 600 valence electrons. The van der Waals surface area contributed by atoms with Crippen molar-refractivity contribution in [2.45, 2.75) is 446 Å². The second-order valence-electron chi connectivity index (χ2n) is 30.5. The minimum atomic E-state index is -4.96. The topological polar surface area (TPSA) is 237 Å². The number of phosphoric acid groups is 2. The van der Waals surface area contributed by atoms with Crippen LogP contribution in [0.3, 0.4) is 0 Å². The van der Waals surface area contributed by atoms with Crippen LogP contribution in [0.1, 0.15) is 427 Å². The summed E-state index contributed by atoms with van der Waals surface area (Å²) in [6.45, 7) is 11.9. The maximum Gasteiger partial charge on any atom is 0.472 e. The molecule has 101 heavy (non-hydrogen) atoms. The molecule has 0 spiro atoms. The lowest BCUT2D eigenvalue weighted by Crippen LogP contribution is -2.30. The summed E-state index contributed by atoms with van der Waals surface area (Å²) in [6, 6.07) is 0. The van der Waals surface area contributed by atoms with Crippen LogP contribution in [0.2, 0.25) is 0 Å². The quantitative estimate of drug-likeness (QED) is 0.0222. The van der Waals surface area contributed by atoms with Gasteiger partial charge in [-0.2, -0.15) is 0 Å². The summed E-state index contributed by atoms with van der Waals surface area (Å²) < 4.78 is 68.7. The van der Waals surface area contributed by atoms with Gasteiger partial charge in [-0.3, -0.25) is 37.3 Å². The molecule has 0 aromatic heterocycles. The zero-order valence-corrected chi connectivity index (χ0v) is 68.2. The monoisotopic (exact) mass is 1480 g/mol. The normalized spacial score (nSPS) is 14.5. The van der Waals surface area contributed by atoms with E-state index in [0.717, 1.165) is 114 Å². The van der Waals surface area contributed by atoms with Crippen LogP contribution in [0.25, 0.3) is 0 Å². The van der Waals surface area contributed by atoms with Gasteiger partial charge in [-0.25, -0.2) is 9.13 Å². The fraction of sp³-hybridized carbons (Fsp3) is 0.951. The lowest BCUT2D eigenvalue weighted by Gasteiger charge is -2.21. The third-order valence-corrected chi connectivity index (χ3v) is 21.8. The number of hydrogen-bond acceptors (Lipinski definition) is 15.